The molecular weight excluding hydrogens is 296 g/mol. The summed E-state index contributed by atoms with van der Waals surface area (Å²) in [5, 5.41) is 5.38. The summed E-state index contributed by atoms with van der Waals surface area (Å²) in [5.41, 5.74) is 4.43. The molecule has 90 valence electrons. The molecule has 1 aromatic carbocycles. The number of likely N-dealkylation sites (N-methyl/N-ethyl adjacent to an activating group) is 1. The third-order valence-corrected chi connectivity index (χ3v) is 3.89. The number of nitrogens with zero attached hydrogens (tertiary/aromatic N) is 1. The summed E-state index contributed by atoms with van der Waals surface area (Å²) < 4.78 is 1.12. The Morgan fingerprint density at radius 2 is 2.12 bits per heavy atom. The average Bonchev–Trinajstić information content (AvgIpc) is 2.82. The zero-order valence-electron chi connectivity index (χ0n) is 9.69. The van der Waals surface area contributed by atoms with Crippen molar-refractivity contribution >= 4 is 27.3 Å². The van der Waals surface area contributed by atoms with E-state index in [0.29, 0.717) is 5.92 Å². The van der Waals surface area contributed by atoms with Crippen molar-refractivity contribution in [1.82, 2.24) is 10.3 Å². The Bertz CT molecular complexity index is 439. The van der Waals surface area contributed by atoms with Gasteiger partial charge < -0.3 is 5.32 Å². The second kappa shape index (κ2) is 6.28. The first kappa shape index (κ1) is 12.7. The highest BCUT2D eigenvalue weighted by Gasteiger charge is 2.12. The Kier molecular flexibility index (Phi) is 4.71. The fourth-order valence-electron chi connectivity index (χ4n) is 1.88. The summed E-state index contributed by atoms with van der Waals surface area (Å²) in [6.45, 7) is 0.971. The summed E-state index contributed by atoms with van der Waals surface area (Å²) in [6, 6.07) is 8.55. The van der Waals surface area contributed by atoms with Crippen LogP contribution in [0.3, 0.4) is 0 Å². The van der Waals surface area contributed by atoms with E-state index in [0.717, 1.165) is 17.4 Å². The molecule has 1 N–H and O–H groups in total. The van der Waals surface area contributed by atoms with Gasteiger partial charge in [-0.3, -0.25) is 0 Å². The van der Waals surface area contributed by atoms with E-state index in [9.17, 15) is 0 Å². The quantitative estimate of drug-likeness (QED) is 0.915. The molecule has 4 heteroatoms. The summed E-state index contributed by atoms with van der Waals surface area (Å²) in [7, 11) is 1.99. The van der Waals surface area contributed by atoms with Gasteiger partial charge in [-0.15, -0.1) is 11.3 Å². The van der Waals surface area contributed by atoms with E-state index in [1.165, 1.54) is 11.3 Å². The van der Waals surface area contributed by atoms with E-state index in [-0.39, 0.29) is 0 Å². The maximum absolute atomic E-state index is 4.36. The molecule has 2 aromatic rings. The van der Waals surface area contributed by atoms with Crippen LogP contribution in [-0.2, 0) is 6.42 Å². The van der Waals surface area contributed by atoms with Gasteiger partial charge in [-0.2, -0.15) is 0 Å². The van der Waals surface area contributed by atoms with Crippen LogP contribution in [-0.4, -0.2) is 18.6 Å². The molecule has 1 heterocycles. The third-order valence-electron chi connectivity index (χ3n) is 2.73. The molecule has 0 aliphatic heterocycles. The van der Waals surface area contributed by atoms with Gasteiger partial charge in [0, 0.05) is 22.3 Å². The molecule has 0 saturated heterocycles. The highest BCUT2D eigenvalue weighted by Crippen LogP contribution is 2.22. The summed E-state index contributed by atoms with van der Waals surface area (Å²) >= 11 is 5.13. The monoisotopic (exact) mass is 310 g/mol. The molecule has 0 bridgehead atoms. The van der Waals surface area contributed by atoms with Crippen LogP contribution in [0.25, 0.3) is 0 Å². The molecule has 0 radical (unpaired) electrons. The van der Waals surface area contributed by atoms with Gasteiger partial charge in [-0.25, -0.2) is 4.98 Å². The van der Waals surface area contributed by atoms with Crippen molar-refractivity contribution in [2.75, 3.05) is 13.6 Å². The fraction of sp³-hybridized carbons (Fsp3) is 0.308. The van der Waals surface area contributed by atoms with Crippen LogP contribution in [0.15, 0.2) is 39.6 Å². The second-order valence-electron chi connectivity index (χ2n) is 3.99. The Hall–Kier alpha value is -0.710. The molecule has 1 aromatic heterocycles. The van der Waals surface area contributed by atoms with E-state index in [2.05, 4.69) is 55.9 Å². The van der Waals surface area contributed by atoms with Crippen LogP contribution in [0.4, 0.5) is 0 Å². The maximum Gasteiger partial charge on any atom is 0.0794 e. The first-order valence-corrected chi connectivity index (χ1v) is 7.30. The number of rotatable bonds is 5. The lowest BCUT2D eigenvalue weighted by Gasteiger charge is -2.16. The predicted octanol–water partition coefficient (Wildman–Crippen LogP) is 3.45. The minimum atomic E-state index is 0.482. The second-order valence-corrected chi connectivity index (χ2v) is 5.62. The molecule has 0 spiro atoms. The molecule has 1 atom stereocenters. The summed E-state index contributed by atoms with van der Waals surface area (Å²) in [4.78, 5) is 4.36. The molecule has 2 rings (SSSR count). The summed E-state index contributed by atoms with van der Waals surface area (Å²) in [6.07, 6.45) is 0.992. The molecule has 0 saturated carbocycles. The highest BCUT2D eigenvalue weighted by atomic mass is 79.9. The van der Waals surface area contributed by atoms with Gasteiger partial charge in [-0.1, -0.05) is 28.1 Å². The minimum absolute atomic E-state index is 0.482. The van der Waals surface area contributed by atoms with Crippen molar-refractivity contribution in [2.24, 2.45) is 0 Å². The van der Waals surface area contributed by atoms with Crippen LogP contribution in [0.5, 0.6) is 0 Å². The molecule has 0 aliphatic carbocycles. The Morgan fingerprint density at radius 1 is 1.35 bits per heavy atom. The molecule has 1 unspecified atom stereocenters. The van der Waals surface area contributed by atoms with E-state index in [1.807, 2.05) is 12.6 Å². The first-order valence-electron chi connectivity index (χ1n) is 5.56. The number of benzene rings is 1. The van der Waals surface area contributed by atoms with Crippen molar-refractivity contribution in [3.05, 3.63) is 50.9 Å². The summed E-state index contributed by atoms with van der Waals surface area (Å²) in [5.74, 6) is 0.482. The molecule has 17 heavy (non-hydrogen) atoms. The molecule has 0 amide bonds. The van der Waals surface area contributed by atoms with Gasteiger partial charge >= 0.3 is 0 Å². The molecule has 2 nitrogen and oxygen atoms in total. The molecule has 0 fully saturated rings. The Balaban J connectivity index is 2.13. The van der Waals surface area contributed by atoms with Gasteiger partial charge in [0.05, 0.1) is 11.2 Å². The zero-order valence-corrected chi connectivity index (χ0v) is 12.1. The van der Waals surface area contributed by atoms with E-state index in [4.69, 9.17) is 0 Å². The van der Waals surface area contributed by atoms with Crippen molar-refractivity contribution in [3.8, 4) is 0 Å². The van der Waals surface area contributed by atoms with Gasteiger partial charge in [0.15, 0.2) is 0 Å². The van der Waals surface area contributed by atoms with Crippen LogP contribution in [0.1, 0.15) is 17.2 Å². The topological polar surface area (TPSA) is 24.9 Å². The number of hydrogen-bond donors (Lipinski definition) is 1. The Morgan fingerprint density at radius 3 is 2.71 bits per heavy atom. The smallest absolute Gasteiger partial charge is 0.0794 e. The highest BCUT2D eigenvalue weighted by molar-refractivity contribution is 9.10. The van der Waals surface area contributed by atoms with Crippen molar-refractivity contribution in [2.45, 2.75) is 12.3 Å². The molecule has 0 aliphatic rings. The van der Waals surface area contributed by atoms with Gasteiger partial charge in [0.1, 0.15) is 0 Å². The van der Waals surface area contributed by atoms with Crippen molar-refractivity contribution in [3.63, 3.8) is 0 Å². The predicted molar refractivity (Wildman–Crippen MR) is 76.6 cm³/mol. The lowest BCUT2D eigenvalue weighted by molar-refractivity contribution is 0.620. The van der Waals surface area contributed by atoms with E-state index in [1.54, 1.807) is 11.3 Å². The first-order chi connectivity index (χ1) is 8.29. The molecular formula is C13H15BrN2S. The Labute approximate surface area is 114 Å². The number of halogens is 1. The van der Waals surface area contributed by atoms with Crippen LogP contribution in [0, 0.1) is 0 Å². The fourth-order valence-corrected chi connectivity index (χ4v) is 2.72. The largest absolute Gasteiger partial charge is 0.319 e. The normalized spacial score (nSPS) is 12.6. The lowest BCUT2D eigenvalue weighted by atomic mass is 9.94. The van der Waals surface area contributed by atoms with Crippen LogP contribution < -0.4 is 5.32 Å². The van der Waals surface area contributed by atoms with E-state index < -0.39 is 0 Å². The minimum Gasteiger partial charge on any atom is -0.319 e. The van der Waals surface area contributed by atoms with E-state index >= 15 is 0 Å². The average molecular weight is 311 g/mol. The lowest BCUT2D eigenvalue weighted by Crippen LogP contribution is -2.19. The zero-order chi connectivity index (χ0) is 12.1. The number of aromatic nitrogens is 1. The number of hydrogen-bond acceptors (Lipinski definition) is 3. The number of thiazole rings is 1. The van der Waals surface area contributed by atoms with Gasteiger partial charge in [-0.05, 0) is 31.2 Å². The van der Waals surface area contributed by atoms with Crippen LogP contribution >= 0.6 is 27.3 Å². The number of nitrogens with one attached hydrogen (secondary N) is 1. The SMILES string of the molecule is CNCC(Cc1cscn1)c1ccc(Br)cc1. The standard InChI is InChI=1S/C13H15BrN2S/c1-15-7-11(6-13-8-17-9-16-13)10-2-4-12(14)5-3-10/h2-5,8-9,11,15H,6-7H2,1H3. The van der Waals surface area contributed by atoms with Crippen molar-refractivity contribution < 1.29 is 0 Å². The van der Waals surface area contributed by atoms with Crippen LogP contribution in [0.2, 0.25) is 0 Å². The third kappa shape index (κ3) is 3.63. The van der Waals surface area contributed by atoms with Gasteiger partial charge in [0.25, 0.3) is 0 Å². The van der Waals surface area contributed by atoms with Crippen molar-refractivity contribution in [1.29, 1.82) is 0 Å². The van der Waals surface area contributed by atoms with Gasteiger partial charge in [0.2, 0.25) is 0 Å². The maximum atomic E-state index is 4.36.